The topological polar surface area (TPSA) is 57.9 Å². The van der Waals surface area contributed by atoms with Crippen molar-refractivity contribution in [2.45, 2.75) is 0 Å². The van der Waals surface area contributed by atoms with Gasteiger partial charge in [-0.2, -0.15) is 0 Å². The van der Waals surface area contributed by atoms with Crippen molar-refractivity contribution in [3.63, 3.8) is 0 Å². The molecule has 0 radical (unpaired) electrons. The average Bonchev–Trinajstić information content (AvgIpc) is 2.43. The predicted molar refractivity (Wildman–Crippen MR) is 50.5 cm³/mol. The third-order valence-electron chi connectivity index (χ3n) is 1.77. The molecule has 5 heteroatoms. The number of hydrogen-bond donors (Lipinski definition) is 2. The molecule has 2 aromatic rings. The van der Waals surface area contributed by atoms with Crippen molar-refractivity contribution in [2.24, 2.45) is 0 Å². The van der Waals surface area contributed by atoms with E-state index in [2.05, 4.69) is 9.97 Å². The average molecular weight is 199 g/mol. The molecule has 0 saturated heterocycles. The quantitative estimate of drug-likeness (QED) is 0.730. The van der Waals surface area contributed by atoms with Gasteiger partial charge in [-0.15, -0.1) is 0 Å². The lowest BCUT2D eigenvalue weighted by Crippen LogP contribution is -1.99. The van der Waals surface area contributed by atoms with Crippen LogP contribution in [-0.4, -0.2) is 17.1 Å². The maximum absolute atomic E-state index is 11.0. The van der Waals surface area contributed by atoms with E-state index in [9.17, 15) is 4.79 Å². The van der Waals surface area contributed by atoms with Crippen LogP contribution >= 0.6 is 11.6 Å². The summed E-state index contributed by atoms with van der Waals surface area (Å²) >= 11 is 5.80. The Kier molecular flexibility index (Phi) is 1.77. The second-order valence-corrected chi connectivity index (χ2v) is 3.05. The van der Waals surface area contributed by atoms with Gasteiger partial charge in [-0.1, -0.05) is 11.6 Å². The number of benzene rings is 1. The van der Waals surface area contributed by atoms with Crippen LogP contribution in [0.2, 0.25) is 5.02 Å². The standard InChI is InChI=1S/C8H7ClN2O2/c1-13-6-3-4(9)2-5-7(6)11-8(12)10-5/h2-3H,1H3,(H2,10,11,12). The zero-order chi connectivity index (χ0) is 9.42. The molecule has 4 nitrogen and oxygen atoms in total. The monoisotopic (exact) mass is 198 g/mol. The molecule has 13 heavy (non-hydrogen) atoms. The number of aromatic nitrogens is 2. The highest BCUT2D eigenvalue weighted by atomic mass is 35.5. The van der Waals surface area contributed by atoms with E-state index in [-0.39, 0.29) is 5.69 Å². The van der Waals surface area contributed by atoms with E-state index in [1.807, 2.05) is 0 Å². The summed E-state index contributed by atoms with van der Waals surface area (Å²) < 4.78 is 5.05. The van der Waals surface area contributed by atoms with Gasteiger partial charge in [0.05, 0.1) is 12.6 Å². The summed E-state index contributed by atoms with van der Waals surface area (Å²) in [5, 5.41) is 0.527. The number of nitrogens with one attached hydrogen (secondary N) is 2. The lowest BCUT2D eigenvalue weighted by molar-refractivity contribution is 0.419. The molecule has 1 heterocycles. The number of imidazole rings is 1. The van der Waals surface area contributed by atoms with E-state index in [0.29, 0.717) is 21.8 Å². The van der Waals surface area contributed by atoms with Gasteiger partial charge >= 0.3 is 5.69 Å². The Morgan fingerprint density at radius 2 is 2.15 bits per heavy atom. The summed E-state index contributed by atoms with van der Waals surface area (Å²) in [6.45, 7) is 0. The summed E-state index contributed by atoms with van der Waals surface area (Å²) in [4.78, 5) is 16.2. The van der Waals surface area contributed by atoms with E-state index in [4.69, 9.17) is 16.3 Å². The fraction of sp³-hybridized carbons (Fsp3) is 0.125. The number of hydrogen-bond acceptors (Lipinski definition) is 2. The fourth-order valence-corrected chi connectivity index (χ4v) is 1.45. The summed E-state index contributed by atoms with van der Waals surface area (Å²) in [6.07, 6.45) is 0. The summed E-state index contributed by atoms with van der Waals surface area (Å²) in [5.41, 5.74) is 1.02. The van der Waals surface area contributed by atoms with Crippen LogP contribution in [0.25, 0.3) is 11.0 Å². The zero-order valence-electron chi connectivity index (χ0n) is 6.85. The second kappa shape index (κ2) is 2.81. The molecule has 1 aromatic heterocycles. The third-order valence-corrected chi connectivity index (χ3v) is 1.99. The number of rotatable bonds is 1. The Hall–Kier alpha value is -1.42. The molecule has 1 aromatic carbocycles. The Morgan fingerprint density at radius 3 is 2.85 bits per heavy atom. The van der Waals surface area contributed by atoms with E-state index >= 15 is 0 Å². The molecule has 2 N–H and O–H groups in total. The highest BCUT2D eigenvalue weighted by Gasteiger charge is 2.05. The van der Waals surface area contributed by atoms with Crippen LogP contribution in [0.5, 0.6) is 5.75 Å². The van der Waals surface area contributed by atoms with E-state index in [1.165, 1.54) is 7.11 Å². The lowest BCUT2D eigenvalue weighted by atomic mass is 10.3. The van der Waals surface area contributed by atoms with Crippen LogP contribution in [0.4, 0.5) is 0 Å². The number of aromatic amines is 2. The number of halogens is 1. The van der Waals surface area contributed by atoms with Gasteiger partial charge in [0.1, 0.15) is 11.3 Å². The van der Waals surface area contributed by atoms with Crippen molar-refractivity contribution in [3.05, 3.63) is 27.6 Å². The van der Waals surface area contributed by atoms with E-state index in [1.54, 1.807) is 12.1 Å². The van der Waals surface area contributed by atoms with Crippen molar-refractivity contribution in [1.82, 2.24) is 9.97 Å². The van der Waals surface area contributed by atoms with E-state index < -0.39 is 0 Å². The van der Waals surface area contributed by atoms with Crippen molar-refractivity contribution in [3.8, 4) is 5.75 Å². The minimum Gasteiger partial charge on any atom is -0.494 e. The molecule has 0 aliphatic heterocycles. The van der Waals surface area contributed by atoms with Gasteiger partial charge in [-0.3, -0.25) is 0 Å². The maximum atomic E-state index is 11.0. The number of H-pyrrole nitrogens is 2. The van der Waals surface area contributed by atoms with Gasteiger partial charge in [0.2, 0.25) is 0 Å². The van der Waals surface area contributed by atoms with Crippen LogP contribution in [-0.2, 0) is 0 Å². The first-order valence-electron chi connectivity index (χ1n) is 3.66. The molecule has 0 fully saturated rings. The highest BCUT2D eigenvalue weighted by molar-refractivity contribution is 6.31. The normalized spacial score (nSPS) is 10.6. The van der Waals surface area contributed by atoms with Gasteiger partial charge < -0.3 is 14.7 Å². The van der Waals surface area contributed by atoms with Crippen molar-refractivity contribution < 1.29 is 4.74 Å². The van der Waals surface area contributed by atoms with Crippen LogP contribution in [0, 0.1) is 0 Å². The molecule has 0 unspecified atom stereocenters. The van der Waals surface area contributed by atoms with Crippen molar-refractivity contribution in [2.75, 3.05) is 7.11 Å². The molecule has 0 amide bonds. The largest absolute Gasteiger partial charge is 0.494 e. The molecule has 0 aliphatic rings. The summed E-state index contributed by atoms with van der Waals surface area (Å²) in [7, 11) is 1.52. The Balaban J connectivity index is 2.88. The molecule has 2 rings (SSSR count). The second-order valence-electron chi connectivity index (χ2n) is 2.61. The minimum absolute atomic E-state index is 0.268. The van der Waals surface area contributed by atoms with E-state index in [0.717, 1.165) is 0 Å². The van der Waals surface area contributed by atoms with Gasteiger partial charge in [-0.05, 0) is 6.07 Å². The molecular weight excluding hydrogens is 192 g/mol. The van der Waals surface area contributed by atoms with Crippen LogP contribution in [0.1, 0.15) is 0 Å². The number of fused-ring (bicyclic) bond motifs is 1. The molecule has 0 saturated carbocycles. The smallest absolute Gasteiger partial charge is 0.323 e. The molecule has 0 atom stereocenters. The van der Waals surface area contributed by atoms with Gasteiger partial charge in [0, 0.05) is 11.1 Å². The fourth-order valence-electron chi connectivity index (χ4n) is 1.24. The molecular formula is C8H7ClN2O2. The summed E-state index contributed by atoms with van der Waals surface area (Å²) in [6, 6.07) is 3.31. The van der Waals surface area contributed by atoms with Crippen LogP contribution in [0.15, 0.2) is 16.9 Å². The molecule has 0 bridgehead atoms. The lowest BCUT2D eigenvalue weighted by Gasteiger charge is -2.00. The Bertz CT molecular complexity index is 500. The maximum Gasteiger partial charge on any atom is 0.323 e. The highest BCUT2D eigenvalue weighted by Crippen LogP contribution is 2.25. The van der Waals surface area contributed by atoms with Gasteiger partial charge in [-0.25, -0.2) is 4.79 Å². The Labute approximate surface area is 78.5 Å². The SMILES string of the molecule is COc1cc(Cl)cc2[nH]c(=O)[nH]c12. The van der Waals surface area contributed by atoms with Gasteiger partial charge in [0.15, 0.2) is 0 Å². The van der Waals surface area contributed by atoms with Crippen molar-refractivity contribution >= 4 is 22.6 Å². The molecule has 68 valence electrons. The first-order chi connectivity index (χ1) is 6.20. The minimum atomic E-state index is -0.268. The third kappa shape index (κ3) is 1.29. The number of ether oxygens (including phenoxy) is 1. The summed E-state index contributed by atoms with van der Waals surface area (Å²) in [5.74, 6) is 0.556. The van der Waals surface area contributed by atoms with Crippen LogP contribution in [0.3, 0.4) is 0 Å². The first-order valence-corrected chi connectivity index (χ1v) is 4.04. The van der Waals surface area contributed by atoms with Crippen molar-refractivity contribution in [1.29, 1.82) is 0 Å². The van der Waals surface area contributed by atoms with Gasteiger partial charge in [0.25, 0.3) is 0 Å². The zero-order valence-corrected chi connectivity index (χ0v) is 7.61. The first kappa shape index (κ1) is 8.19. The van der Waals surface area contributed by atoms with Crippen LogP contribution < -0.4 is 10.4 Å². The Morgan fingerprint density at radius 1 is 1.38 bits per heavy atom. The number of methoxy groups -OCH3 is 1. The molecule has 0 spiro atoms. The predicted octanol–water partition coefficient (Wildman–Crippen LogP) is 1.52. The molecule has 0 aliphatic carbocycles.